The van der Waals surface area contributed by atoms with Crippen LogP contribution in [-0.2, 0) is 0 Å². The first-order valence-electron chi connectivity index (χ1n) is 7.58. The van der Waals surface area contributed by atoms with E-state index in [2.05, 4.69) is 87.7 Å². The van der Waals surface area contributed by atoms with Crippen molar-refractivity contribution in [3.8, 4) is 0 Å². The SMILES string of the molecule is CNC(c1ccccc1)C(Sc1ccccc1C)C(C)C. The molecule has 2 heteroatoms. The minimum Gasteiger partial charge on any atom is -0.312 e. The predicted octanol–water partition coefficient (Wildman–Crippen LogP) is 5.07. The summed E-state index contributed by atoms with van der Waals surface area (Å²) in [6.45, 7) is 6.81. The largest absolute Gasteiger partial charge is 0.312 e. The number of aryl methyl sites for hydroxylation is 1. The Morgan fingerprint density at radius 2 is 1.52 bits per heavy atom. The van der Waals surface area contributed by atoms with Crippen molar-refractivity contribution in [3.63, 3.8) is 0 Å². The zero-order valence-corrected chi connectivity index (χ0v) is 14.2. The van der Waals surface area contributed by atoms with Crippen LogP contribution in [0, 0.1) is 12.8 Å². The average Bonchev–Trinajstić information content (AvgIpc) is 2.50. The van der Waals surface area contributed by atoms with E-state index in [9.17, 15) is 0 Å². The zero-order chi connectivity index (χ0) is 15.2. The van der Waals surface area contributed by atoms with Gasteiger partial charge in [-0.15, -0.1) is 11.8 Å². The number of benzene rings is 2. The van der Waals surface area contributed by atoms with E-state index in [-0.39, 0.29) is 0 Å². The molecule has 1 nitrogen and oxygen atoms in total. The van der Waals surface area contributed by atoms with Crippen LogP contribution >= 0.6 is 11.8 Å². The van der Waals surface area contributed by atoms with Crippen LogP contribution in [0.1, 0.15) is 31.0 Å². The number of hydrogen-bond donors (Lipinski definition) is 1. The van der Waals surface area contributed by atoms with Crippen molar-refractivity contribution in [2.24, 2.45) is 5.92 Å². The zero-order valence-electron chi connectivity index (χ0n) is 13.3. The lowest BCUT2D eigenvalue weighted by Crippen LogP contribution is -2.31. The van der Waals surface area contributed by atoms with E-state index in [1.165, 1.54) is 16.0 Å². The van der Waals surface area contributed by atoms with Gasteiger partial charge >= 0.3 is 0 Å². The average molecular weight is 299 g/mol. The van der Waals surface area contributed by atoms with Crippen molar-refractivity contribution >= 4 is 11.8 Å². The molecule has 2 aromatic rings. The van der Waals surface area contributed by atoms with Gasteiger partial charge in [0.1, 0.15) is 0 Å². The Bertz CT molecular complexity index is 551. The third-order valence-corrected chi connectivity index (χ3v) is 5.61. The monoisotopic (exact) mass is 299 g/mol. The van der Waals surface area contributed by atoms with Gasteiger partial charge in [0.05, 0.1) is 0 Å². The van der Waals surface area contributed by atoms with Crippen molar-refractivity contribution in [3.05, 3.63) is 65.7 Å². The predicted molar refractivity (Wildman–Crippen MR) is 93.9 cm³/mol. The second-order valence-electron chi connectivity index (χ2n) is 5.77. The Balaban J connectivity index is 2.28. The van der Waals surface area contributed by atoms with Crippen LogP contribution in [0.2, 0.25) is 0 Å². The van der Waals surface area contributed by atoms with Crippen LogP contribution < -0.4 is 5.32 Å². The van der Waals surface area contributed by atoms with Crippen molar-refractivity contribution in [1.82, 2.24) is 5.32 Å². The summed E-state index contributed by atoms with van der Waals surface area (Å²) in [5.74, 6) is 0.590. The molecule has 0 aromatic heterocycles. The molecule has 21 heavy (non-hydrogen) atoms. The highest BCUT2D eigenvalue weighted by Gasteiger charge is 2.26. The summed E-state index contributed by atoms with van der Waals surface area (Å²) < 4.78 is 0. The Morgan fingerprint density at radius 1 is 0.905 bits per heavy atom. The van der Waals surface area contributed by atoms with Crippen molar-refractivity contribution in [2.45, 2.75) is 37.0 Å². The molecule has 0 aliphatic heterocycles. The topological polar surface area (TPSA) is 12.0 Å². The minimum absolute atomic E-state index is 0.357. The normalized spacial score (nSPS) is 14.1. The lowest BCUT2D eigenvalue weighted by molar-refractivity contribution is 0.472. The van der Waals surface area contributed by atoms with E-state index in [0.717, 1.165) is 0 Å². The summed E-state index contributed by atoms with van der Waals surface area (Å²) in [5.41, 5.74) is 2.72. The van der Waals surface area contributed by atoms with E-state index in [1.807, 2.05) is 11.8 Å². The second-order valence-corrected chi connectivity index (χ2v) is 6.99. The maximum atomic E-state index is 3.52. The van der Waals surface area contributed by atoms with Gasteiger partial charge in [-0.1, -0.05) is 62.4 Å². The number of rotatable bonds is 6. The number of thioether (sulfide) groups is 1. The molecule has 1 N–H and O–H groups in total. The fourth-order valence-corrected chi connectivity index (χ4v) is 4.01. The van der Waals surface area contributed by atoms with Crippen LogP contribution in [0.5, 0.6) is 0 Å². The first kappa shape index (κ1) is 16.1. The summed E-state index contributed by atoms with van der Waals surface area (Å²) in [4.78, 5) is 1.38. The molecular formula is C19H25NS. The molecule has 0 radical (unpaired) electrons. The van der Waals surface area contributed by atoms with Crippen molar-refractivity contribution in [1.29, 1.82) is 0 Å². The molecule has 0 aliphatic carbocycles. The first-order chi connectivity index (χ1) is 10.1. The van der Waals surface area contributed by atoms with Crippen LogP contribution in [0.15, 0.2) is 59.5 Å². The van der Waals surface area contributed by atoms with Crippen LogP contribution in [0.4, 0.5) is 0 Å². The van der Waals surface area contributed by atoms with Gasteiger partial charge in [0, 0.05) is 16.2 Å². The smallest absolute Gasteiger partial charge is 0.0444 e. The second kappa shape index (κ2) is 7.67. The van der Waals surface area contributed by atoms with E-state index in [1.54, 1.807) is 0 Å². The van der Waals surface area contributed by atoms with E-state index < -0.39 is 0 Å². The summed E-state index contributed by atoms with van der Waals surface area (Å²) in [6.07, 6.45) is 0. The molecule has 2 unspecified atom stereocenters. The van der Waals surface area contributed by atoms with Gasteiger partial charge in [-0.2, -0.15) is 0 Å². The van der Waals surface area contributed by atoms with Gasteiger partial charge in [0.2, 0.25) is 0 Å². The standard InChI is InChI=1S/C19H25NS/c1-14(2)19(21-17-13-9-8-10-15(17)3)18(20-4)16-11-6-5-7-12-16/h5-14,18-20H,1-4H3. The highest BCUT2D eigenvalue weighted by molar-refractivity contribution is 8.00. The Hall–Kier alpha value is -1.25. The van der Waals surface area contributed by atoms with Crippen LogP contribution in [0.3, 0.4) is 0 Å². The molecule has 0 amide bonds. The van der Waals surface area contributed by atoms with Crippen molar-refractivity contribution < 1.29 is 0 Å². The Morgan fingerprint density at radius 3 is 2.10 bits per heavy atom. The maximum Gasteiger partial charge on any atom is 0.0444 e. The van der Waals surface area contributed by atoms with Gasteiger partial charge < -0.3 is 5.32 Å². The lowest BCUT2D eigenvalue weighted by atomic mass is 9.96. The summed E-state index contributed by atoms with van der Waals surface area (Å²) in [6, 6.07) is 19.8. The molecular weight excluding hydrogens is 274 g/mol. The fourth-order valence-electron chi connectivity index (χ4n) is 2.61. The van der Waals surface area contributed by atoms with Gasteiger partial charge in [0.25, 0.3) is 0 Å². The molecule has 0 saturated carbocycles. The van der Waals surface area contributed by atoms with Crippen molar-refractivity contribution in [2.75, 3.05) is 7.05 Å². The Labute approximate surface area is 133 Å². The third kappa shape index (κ3) is 4.12. The highest BCUT2D eigenvalue weighted by Crippen LogP contribution is 2.37. The van der Waals surface area contributed by atoms with E-state index >= 15 is 0 Å². The number of nitrogens with one attached hydrogen (secondary N) is 1. The van der Waals surface area contributed by atoms with Gasteiger partial charge in [-0.25, -0.2) is 0 Å². The molecule has 0 bridgehead atoms. The third-order valence-electron chi connectivity index (χ3n) is 3.81. The van der Waals surface area contributed by atoms with Gasteiger partial charge in [-0.3, -0.25) is 0 Å². The summed E-state index contributed by atoms with van der Waals surface area (Å²) in [7, 11) is 2.06. The molecule has 0 fully saturated rings. The van der Waals surface area contributed by atoms with Gasteiger partial charge in [-0.05, 0) is 37.1 Å². The molecule has 2 atom stereocenters. The minimum atomic E-state index is 0.357. The lowest BCUT2D eigenvalue weighted by Gasteiger charge is -2.30. The van der Waals surface area contributed by atoms with E-state index in [4.69, 9.17) is 0 Å². The molecule has 0 spiro atoms. The molecule has 2 rings (SSSR count). The number of hydrogen-bond acceptors (Lipinski definition) is 2. The molecule has 0 aliphatic rings. The van der Waals surface area contributed by atoms with Gasteiger partial charge in [0.15, 0.2) is 0 Å². The first-order valence-corrected chi connectivity index (χ1v) is 8.46. The summed E-state index contributed by atoms with van der Waals surface area (Å²) >= 11 is 1.99. The van der Waals surface area contributed by atoms with Crippen LogP contribution in [-0.4, -0.2) is 12.3 Å². The Kier molecular flexibility index (Phi) is 5.89. The molecule has 0 heterocycles. The fraction of sp³-hybridized carbons (Fsp3) is 0.368. The highest BCUT2D eigenvalue weighted by atomic mass is 32.2. The molecule has 2 aromatic carbocycles. The summed E-state index contributed by atoms with van der Waals surface area (Å²) in [5, 5.41) is 4.02. The maximum absolute atomic E-state index is 3.52. The quantitative estimate of drug-likeness (QED) is 0.747. The molecule has 112 valence electrons. The van der Waals surface area contributed by atoms with E-state index in [0.29, 0.717) is 17.2 Å². The molecule has 0 saturated heterocycles. The van der Waals surface area contributed by atoms with Crippen LogP contribution in [0.25, 0.3) is 0 Å².